The maximum Gasteiger partial charge on any atom is 0.391 e. The van der Waals surface area contributed by atoms with Crippen molar-refractivity contribution in [1.29, 1.82) is 0 Å². The normalized spacial score (nSPS) is 11.5. The van der Waals surface area contributed by atoms with Crippen LogP contribution in [0.5, 0.6) is 0 Å². The van der Waals surface area contributed by atoms with Gasteiger partial charge in [-0.05, 0) is 12.1 Å². The number of hydrogen-bond donors (Lipinski definition) is 1. The number of halogens is 4. The van der Waals surface area contributed by atoms with Crippen molar-refractivity contribution in [3.63, 3.8) is 0 Å². The summed E-state index contributed by atoms with van der Waals surface area (Å²) in [6, 6.07) is 6.06. The monoisotopic (exact) mass is 251 g/mol. The van der Waals surface area contributed by atoms with E-state index in [1.54, 1.807) is 18.2 Å². The molecule has 0 bridgehead atoms. The number of rotatable bonds is 6. The highest BCUT2D eigenvalue weighted by Gasteiger charge is 2.26. The lowest BCUT2D eigenvalue weighted by Crippen LogP contribution is -2.15. The van der Waals surface area contributed by atoms with Gasteiger partial charge in [0, 0.05) is 6.54 Å². The van der Waals surface area contributed by atoms with Crippen LogP contribution in [0.1, 0.15) is 6.42 Å². The number of alkyl halides is 3. The first-order valence-corrected chi connectivity index (χ1v) is 5.12. The molecule has 6 heteroatoms. The minimum atomic E-state index is -4.20. The van der Waals surface area contributed by atoms with Crippen molar-refractivity contribution in [1.82, 2.24) is 0 Å². The van der Waals surface area contributed by atoms with Crippen LogP contribution in [0.3, 0.4) is 0 Å². The Morgan fingerprint density at radius 3 is 2.47 bits per heavy atom. The van der Waals surface area contributed by atoms with Crippen molar-refractivity contribution in [3.8, 4) is 0 Å². The fourth-order valence-electron chi connectivity index (χ4n) is 1.15. The predicted octanol–water partition coefficient (Wildman–Crippen LogP) is 3.21. The summed E-state index contributed by atoms with van der Waals surface area (Å²) in [6.45, 7) is -0.00828. The Bertz CT molecular complexity index is 340. The molecular formula is C11H13F4NO. The number of benzene rings is 1. The molecule has 17 heavy (non-hydrogen) atoms. The van der Waals surface area contributed by atoms with E-state index in [0.717, 1.165) is 0 Å². The molecule has 0 radical (unpaired) electrons. The van der Waals surface area contributed by atoms with Gasteiger partial charge in [0.2, 0.25) is 0 Å². The predicted molar refractivity (Wildman–Crippen MR) is 56.4 cm³/mol. The molecule has 1 N–H and O–H groups in total. The Hall–Kier alpha value is -1.30. The molecule has 0 spiro atoms. The summed E-state index contributed by atoms with van der Waals surface area (Å²) < 4.78 is 53.0. The van der Waals surface area contributed by atoms with E-state index in [2.05, 4.69) is 5.32 Å². The first-order chi connectivity index (χ1) is 7.99. The third-order valence-corrected chi connectivity index (χ3v) is 1.97. The van der Waals surface area contributed by atoms with Crippen molar-refractivity contribution in [2.75, 3.05) is 25.1 Å². The van der Waals surface area contributed by atoms with Gasteiger partial charge in [0.05, 0.1) is 25.3 Å². The zero-order valence-corrected chi connectivity index (χ0v) is 9.06. The van der Waals surface area contributed by atoms with Gasteiger partial charge < -0.3 is 10.1 Å². The van der Waals surface area contributed by atoms with Crippen LogP contribution in [0.2, 0.25) is 0 Å². The fraction of sp³-hybridized carbons (Fsp3) is 0.455. The number of para-hydroxylation sites is 1. The molecule has 1 aromatic carbocycles. The summed E-state index contributed by atoms with van der Waals surface area (Å²) in [5.41, 5.74) is 0.312. The summed E-state index contributed by atoms with van der Waals surface area (Å²) >= 11 is 0. The zero-order valence-electron chi connectivity index (χ0n) is 9.06. The minimum Gasteiger partial charge on any atom is -0.380 e. The smallest absolute Gasteiger partial charge is 0.380 e. The van der Waals surface area contributed by atoms with E-state index in [1.807, 2.05) is 0 Å². The molecular weight excluding hydrogens is 238 g/mol. The molecule has 0 aliphatic heterocycles. The molecule has 2 nitrogen and oxygen atoms in total. The standard InChI is InChI=1S/C11H13F4NO/c12-9-3-1-2-4-10(9)16-6-8-17-7-5-11(13,14)15/h1-4,16H,5-8H2. The average Bonchev–Trinajstić information content (AvgIpc) is 2.24. The first kappa shape index (κ1) is 13.8. The summed E-state index contributed by atoms with van der Waals surface area (Å²) in [7, 11) is 0. The molecule has 0 amide bonds. The fourth-order valence-corrected chi connectivity index (χ4v) is 1.15. The SMILES string of the molecule is Fc1ccccc1NCCOCCC(F)(F)F. The highest BCUT2D eigenvalue weighted by molar-refractivity contribution is 5.44. The van der Waals surface area contributed by atoms with E-state index in [-0.39, 0.29) is 19.8 Å². The maximum atomic E-state index is 13.1. The molecule has 1 aromatic rings. The van der Waals surface area contributed by atoms with Crippen LogP contribution in [-0.4, -0.2) is 25.9 Å². The molecule has 96 valence electrons. The number of nitrogens with one attached hydrogen (secondary N) is 1. The number of hydrogen-bond acceptors (Lipinski definition) is 2. The molecule has 0 aliphatic rings. The lowest BCUT2D eigenvalue weighted by atomic mass is 10.3. The highest BCUT2D eigenvalue weighted by Crippen LogP contribution is 2.18. The third kappa shape index (κ3) is 6.11. The Morgan fingerprint density at radius 2 is 1.82 bits per heavy atom. The largest absolute Gasteiger partial charge is 0.391 e. The van der Waals surface area contributed by atoms with Gasteiger partial charge in [0.1, 0.15) is 5.82 Å². The van der Waals surface area contributed by atoms with E-state index in [9.17, 15) is 17.6 Å². The van der Waals surface area contributed by atoms with Gasteiger partial charge in [-0.25, -0.2) is 4.39 Å². The second-order valence-corrected chi connectivity index (χ2v) is 3.38. The van der Waals surface area contributed by atoms with Crippen molar-refractivity contribution in [2.24, 2.45) is 0 Å². The van der Waals surface area contributed by atoms with Gasteiger partial charge in [-0.3, -0.25) is 0 Å². The van der Waals surface area contributed by atoms with Crippen LogP contribution in [0.15, 0.2) is 24.3 Å². The van der Waals surface area contributed by atoms with E-state index in [1.165, 1.54) is 6.07 Å². The van der Waals surface area contributed by atoms with Gasteiger partial charge >= 0.3 is 6.18 Å². The second kappa shape index (κ2) is 6.44. The molecule has 0 aromatic heterocycles. The molecule has 0 saturated carbocycles. The van der Waals surface area contributed by atoms with Gasteiger partial charge in [-0.1, -0.05) is 12.1 Å². The summed E-state index contributed by atoms with van der Waals surface area (Å²) in [6.07, 6.45) is -5.16. The van der Waals surface area contributed by atoms with Gasteiger partial charge in [0.15, 0.2) is 0 Å². The topological polar surface area (TPSA) is 21.3 Å². The molecule has 0 aliphatic carbocycles. The Morgan fingerprint density at radius 1 is 1.12 bits per heavy atom. The van der Waals surface area contributed by atoms with Gasteiger partial charge in [-0.15, -0.1) is 0 Å². The molecule has 0 saturated heterocycles. The summed E-state index contributed by atoms with van der Waals surface area (Å²) in [5, 5.41) is 2.73. The zero-order chi connectivity index (χ0) is 12.7. The average molecular weight is 251 g/mol. The Labute approximate surface area is 96.6 Å². The lowest BCUT2D eigenvalue weighted by Gasteiger charge is -2.09. The first-order valence-electron chi connectivity index (χ1n) is 5.12. The summed E-state index contributed by atoms with van der Waals surface area (Å²) in [4.78, 5) is 0. The van der Waals surface area contributed by atoms with Crippen molar-refractivity contribution in [2.45, 2.75) is 12.6 Å². The minimum absolute atomic E-state index is 0.102. The molecule has 0 fully saturated rings. The van der Waals surface area contributed by atoms with Crippen LogP contribution in [-0.2, 0) is 4.74 Å². The van der Waals surface area contributed by atoms with Crippen LogP contribution in [0, 0.1) is 5.82 Å². The van der Waals surface area contributed by atoms with Crippen LogP contribution >= 0.6 is 0 Å². The van der Waals surface area contributed by atoms with E-state index < -0.39 is 18.4 Å². The highest BCUT2D eigenvalue weighted by atomic mass is 19.4. The second-order valence-electron chi connectivity index (χ2n) is 3.38. The molecule has 0 atom stereocenters. The van der Waals surface area contributed by atoms with Crippen molar-refractivity contribution in [3.05, 3.63) is 30.1 Å². The Kier molecular flexibility index (Phi) is 5.21. The molecule has 0 heterocycles. The van der Waals surface area contributed by atoms with Crippen molar-refractivity contribution < 1.29 is 22.3 Å². The quantitative estimate of drug-likeness (QED) is 0.619. The third-order valence-electron chi connectivity index (χ3n) is 1.97. The summed E-state index contributed by atoms with van der Waals surface area (Å²) in [5.74, 6) is -0.400. The lowest BCUT2D eigenvalue weighted by molar-refractivity contribution is -0.144. The van der Waals surface area contributed by atoms with Gasteiger partial charge in [-0.2, -0.15) is 13.2 Å². The van der Waals surface area contributed by atoms with E-state index >= 15 is 0 Å². The van der Waals surface area contributed by atoms with Crippen molar-refractivity contribution >= 4 is 5.69 Å². The number of anilines is 1. The van der Waals surface area contributed by atoms with E-state index in [0.29, 0.717) is 5.69 Å². The maximum absolute atomic E-state index is 13.1. The van der Waals surface area contributed by atoms with Crippen LogP contribution in [0.4, 0.5) is 23.2 Å². The van der Waals surface area contributed by atoms with Gasteiger partial charge in [0.25, 0.3) is 0 Å². The number of ether oxygens (including phenoxy) is 1. The molecule has 1 rings (SSSR count). The molecule has 0 unspecified atom stereocenters. The van der Waals surface area contributed by atoms with E-state index in [4.69, 9.17) is 4.74 Å². The Balaban J connectivity index is 2.11. The van der Waals surface area contributed by atoms with Crippen LogP contribution in [0.25, 0.3) is 0 Å². The van der Waals surface area contributed by atoms with Crippen LogP contribution < -0.4 is 5.32 Å².